The van der Waals surface area contributed by atoms with E-state index in [-0.39, 0.29) is 12.5 Å². The van der Waals surface area contributed by atoms with Crippen molar-refractivity contribution in [1.82, 2.24) is 9.97 Å². The molecule has 7 heteroatoms. The Bertz CT molecular complexity index is 1160. The smallest absolute Gasteiger partial charge is 0.262 e. The number of fused-ring (bicyclic) bond motifs is 1. The van der Waals surface area contributed by atoms with Gasteiger partial charge in [-0.15, -0.1) is 11.3 Å². The summed E-state index contributed by atoms with van der Waals surface area (Å²) in [6, 6.07) is 15.4. The molecule has 0 aliphatic rings. The number of hydrogen-bond acceptors (Lipinski definition) is 6. The van der Waals surface area contributed by atoms with E-state index in [9.17, 15) is 4.79 Å². The molecule has 146 valence electrons. The minimum Gasteiger partial charge on any atom is -0.497 e. The monoisotopic (exact) mass is 405 g/mol. The lowest BCUT2D eigenvalue weighted by molar-refractivity contribution is -0.118. The molecule has 2 aromatic heterocycles. The number of methoxy groups -OCH3 is 1. The van der Waals surface area contributed by atoms with Crippen molar-refractivity contribution in [3.05, 3.63) is 65.8 Å². The van der Waals surface area contributed by atoms with E-state index in [1.807, 2.05) is 24.4 Å². The molecule has 0 aliphatic carbocycles. The molecular formula is C22H19N3O3S. The van der Waals surface area contributed by atoms with Crippen LogP contribution < -0.4 is 14.8 Å². The fourth-order valence-corrected chi connectivity index (χ4v) is 3.84. The molecule has 2 aromatic carbocycles. The molecule has 0 bridgehead atoms. The average Bonchev–Trinajstić information content (AvgIpc) is 3.18. The number of benzene rings is 2. The average molecular weight is 405 g/mol. The molecule has 1 amide bonds. The zero-order valence-corrected chi connectivity index (χ0v) is 16.8. The third-order valence-corrected chi connectivity index (χ3v) is 5.28. The molecule has 0 radical (unpaired) electrons. The number of amides is 1. The Morgan fingerprint density at radius 1 is 1.14 bits per heavy atom. The van der Waals surface area contributed by atoms with Gasteiger partial charge in [0.2, 0.25) is 5.88 Å². The molecule has 29 heavy (non-hydrogen) atoms. The van der Waals surface area contributed by atoms with Crippen LogP contribution in [-0.4, -0.2) is 29.6 Å². The van der Waals surface area contributed by atoms with Crippen molar-refractivity contribution in [2.24, 2.45) is 0 Å². The van der Waals surface area contributed by atoms with E-state index in [0.29, 0.717) is 17.3 Å². The normalized spacial score (nSPS) is 10.7. The Labute approximate surface area is 172 Å². The number of nitrogens with zero attached hydrogens (tertiary/aromatic N) is 2. The van der Waals surface area contributed by atoms with Crippen molar-refractivity contribution in [3.63, 3.8) is 0 Å². The van der Waals surface area contributed by atoms with Crippen LogP contribution in [0, 0.1) is 6.92 Å². The van der Waals surface area contributed by atoms with Crippen LogP contribution in [-0.2, 0) is 4.79 Å². The SMILES string of the molecule is COc1cccc(NC(=O)COc2ncnc3scc(-c4ccc(C)cc4)c23)c1. The van der Waals surface area contributed by atoms with Gasteiger partial charge in [0.25, 0.3) is 5.91 Å². The standard InChI is InChI=1S/C22H19N3O3S/c1-14-6-8-15(9-7-14)18-12-29-22-20(18)21(23-13-24-22)28-11-19(26)25-16-4-3-5-17(10-16)27-2/h3-10,12-13H,11H2,1-2H3,(H,25,26). The van der Waals surface area contributed by atoms with Gasteiger partial charge in [0.1, 0.15) is 16.9 Å². The van der Waals surface area contributed by atoms with Gasteiger partial charge in [-0.25, -0.2) is 9.97 Å². The van der Waals surface area contributed by atoms with Crippen molar-refractivity contribution in [2.45, 2.75) is 6.92 Å². The molecule has 0 saturated carbocycles. The topological polar surface area (TPSA) is 73.3 Å². The van der Waals surface area contributed by atoms with Gasteiger partial charge in [-0.3, -0.25) is 4.79 Å². The van der Waals surface area contributed by atoms with E-state index in [1.54, 1.807) is 19.2 Å². The highest BCUT2D eigenvalue weighted by Crippen LogP contribution is 2.37. The molecule has 0 saturated heterocycles. The predicted octanol–water partition coefficient (Wildman–Crippen LogP) is 4.69. The molecule has 6 nitrogen and oxygen atoms in total. The van der Waals surface area contributed by atoms with Crippen LogP contribution in [0.5, 0.6) is 11.6 Å². The van der Waals surface area contributed by atoms with Crippen molar-refractivity contribution in [2.75, 3.05) is 19.0 Å². The van der Waals surface area contributed by atoms with Gasteiger partial charge in [-0.1, -0.05) is 35.9 Å². The van der Waals surface area contributed by atoms with Gasteiger partial charge in [0.05, 0.1) is 12.5 Å². The fourth-order valence-electron chi connectivity index (χ4n) is 2.93. The summed E-state index contributed by atoms with van der Waals surface area (Å²) in [5.41, 5.74) is 3.88. The van der Waals surface area contributed by atoms with E-state index < -0.39 is 0 Å². The van der Waals surface area contributed by atoms with Crippen LogP contribution in [0.1, 0.15) is 5.56 Å². The quantitative estimate of drug-likeness (QED) is 0.504. The largest absolute Gasteiger partial charge is 0.497 e. The van der Waals surface area contributed by atoms with Crippen molar-refractivity contribution in [1.29, 1.82) is 0 Å². The summed E-state index contributed by atoms with van der Waals surface area (Å²) >= 11 is 1.52. The van der Waals surface area contributed by atoms with Crippen molar-refractivity contribution >= 4 is 33.1 Å². The second-order valence-corrected chi connectivity index (χ2v) is 7.30. The predicted molar refractivity (Wildman–Crippen MR) is 115 cm³/mol. The first-order valence-corrected chi connectivity index (χ1v) is 9.88. The molecule has 0 spiro atoms. The fraction of sp³-hybridized carbons (Fsp3) is 0.136. The summed E-state index contributed by atoms with van der Waals surface area (Å²) in [5, 5.41) is 5.65. The molecule has 4 rings (SSSR count). The first-order valence-electron chi connectivity index (χ1n) is 9.00. The van der Waals surface area contributed by atoms with E-state index in [2.05, 4.69) is 39.6 Å². The number of carbonyl (C=O) groups is 1. The molecule has 0 atom stereocenters. The first-order chi connectivity index (χ1) is 14.1. The van der Waals surface area contributed by atoms with Crippen molar-refractivity contribution < 1.29 is 14.3 Å². The number of carbonyl (C=O) groups excluding carboxylic acids is 1. The molecule has 1 N–H and O–H groups in total. The minimum atomic E-state index is -0.280. The second kappa shape index (κ2) is 8.28. The Balaban J connectivity index is 1.54. The van der Waals surface area contributed by atoms with E-state index in [4.69, 9.17) is 9.47 Å². The number of aryl methyl sites for hydroxylation is 1. The number of hydrogen-bond donors (Lipinski definition) is 1. The van der Waals surface area contributed by atoms with Gasteiger partial charge in [-0.2, -0.15) is 0 Å². The molecular weight excluding hydrogens is 386 g/mol. The summed E-state index contributed by atoms with van der Waals surface area (Å²) in [4.78, 5) is 21.7. The Kier molecular flexibility index (Phi) is 5.39. The third kappa shape index (κ3) is 4.20. The third-order valence-electron chi connectivity index (χ3n) is 4.39. The molecule has 0 fully saturated rings. The Hall–Kier alpha value is -3.45. The second-order valence-electron chi connectivity index (χ2n) is 6.44. The maximum absolute atomic E-state index is 12.3. The van der Waals surface area contributed by atoms with Gasteiger partial charge in [0, 0.05) is 22.7 Å². The lowest BCUT2D eigenvalue weighted by Gasteiger charge is -2.09. The van der Waals surface area contributed by atoms with Gasteiger partial charge >= 0.3 is 0 Å². The maximum Gasteiger partial charge on any atom is 0.262 e. The van der Waals surface area contributed by atoms with Crippen LogP contribution in [0.25, 0.3) is 21.3 Å². The summed E-state index contributed by atoms with van der Waals surface area (Å²) < 4.78 is 10.9. The zero-order valence-electron chi connectivity index (χ0n) is 16.0. The van der Waals surface area contributed by atoms with Gasteiger partial charge in [-0.05, 0) is 24.6 Å². The zero-order chi connectivity index (χ0) is 20.2. The van der Waals surface area contributed by atoms with E-state index >= 15 is 0 Å². The molecule has 0 aliphatic heterocycles. The lowest BCUT2D eigenvalue weighted by Crippen LogP contribution is -2.20. The van der Waals surface area contributed by atoms with Crippen LogP contribution in [0.4, 0.5) is 5.69 Å². The summed E-state index contributed by atoms with van der Waals surface area (Å²) in [7, 11) is 1.58. The highest BCUT2D eigenvalue weighted by Gasteiger charge is 2.15. The van der Waals surface area contributed by atoms with E-state index in [1.165, 1.54) is 23.2 Å². The number of ether oxygens (including phenoxy) is 2. The van der Waals surface area contributed by atoms with Gasteiger partial charge < -0.3 is 14.8 Å². The maximum atomic E-state index is 12.3. The summed E-state index contributed by atoms with van der Waals surface area (Å²) in [6.45, 7) is 1.89. The molecule has 2 heterocycles. The highest BCUT2D eigenvalue weighted by atomic mass is 32.1. The summed E-state index contributed by atoms with van der Waals surface area (Å²) in [6.07, 6.45) is 1.45. The van der Waals surface area contributed by atoms with Crippen LogP contribution in [0.2, 0.25) is 0 Å². The van der Waals surface area contributed by atoms with Crippen LogP contribution >= 0.6 is 11.3 Å². The minimum absolute atomic E-state index is 0.160. The number of rotatable bonds is 6. The number of aromatic nitrogens is 2. The van der Waals surface area contributed by atoms with Crippen molar-refractivity contribution in [3.8, 4) is 22.8 Å². The van der Waals surface area contributed by atoms with Crippen LogP contribution in [0.15, 0.2) is 60.2 Å². The lowest BCUT2D eigenvalue weighted by atomic mass is 10.0. The highest BCUT2D eigenvalue weighted by molar-refractivity contribution is 7.17. The van der Waals surface area contributed by atoms with E-state index in [0.717, 1.165) is 21.3 Å². The van der Waals surface area contributed by atoms with Crippen LogP contribution in [0.3, 0.4) is 0 Å². The van der Waals surface area contributed by atoms with Gasteiger partial charge in [0.15, 0.2) is 6.61 Å². The Morgan fingerprint density at radius 2 is 1.97 bits per heavy atom. The Morgan fingerprint density at radius 3 is 2.76 bits per heavy atom. The molecule has 4 aromatic rings. The first kappa shape index (κ1) is 18.9. The number of anilines is 1. The number of thiophene rings is 1. The number of nitrogens with one attached hydrogen (secondary N) is 1. The molecule has 0 unspecified atom stereocenters. The summed E-state index contributed by atoms with van der Waals surface area (Å²) in [5.74, 6) is 0.784.